The molecule has 2 fully saturated rings. The number of carbonyl (C=O) groups is 1. The molecule has 2 aromatic rings. The molecule has 1 unspecified atom stereocenters. The summed E-state index contributed by atoms with van der Waals surface area (Å²) in [4.78, 5) is 27.4. The Labute approximate surface area is 182 Å². The fourth-order valence-corrected chi connectivity index (χ4v) is 4.11. The van der Waals surface area contributed by atoms with Crippen molar-refractivity contribution in [1.29, 1.82) is 0 Å². The highest BCUT2D eigenvalue weighted by Gasteiger charge is 2.32. The lowest BCUT2D eigenvalue weighted by molar-refractivity contribution is -0.385. The summed E-state index contributed by atoms with van der Waals surface area (Å²) in [5.41, 5.74) is 0.329. The number of amides is 1. The van der Waals surface area contributed by atoms with E-state index >= 15 is 0 Å². The summed E-state index contributed by atoms with van der Waals surface area (Å²) < 4.78 is 44.2. The number of nitrogens with zero attached hydrogens (tertiary/aromatic N) is 3. The van der Waals surface area contributed by atoms with Crippen molar-refractivity contribution in [3.63, 3.8) is 0 Å². The molecule has 0 aromatic heterocycles. The lowest BCUT2D eigenvalue weighted by atomic mass is 10.0. The number of nitro groups is 1. The summed E-state index contributed by atoms with van der Waals surface area (Å²) in [6.07, 6.45) is -3.12. The van der Waals surface area contributed by atoms with Crippen molar-refractivity contribution in [1.82, 2.24) is 4.90 Å². The molecule has 0 radical (unpaired) electrons. The predicted molar refractivity (Wildman–Crippen MR) is 111 cm³/mol. The maximum absolute atomic E-state index is 12.9. The van der Waals surface area contributed by atoms with Crippen molar-refractivity contribution < 1.29 is 27.6 Å². The van der Waals surface area contributed by atoms with Crippen LogP contribution in [0, 0.1) is 10.1 Å². The van der Waals surface area contributed by atoms with Gasteiger partial charge in [-0.1, -0.05) is 12.1 Å². The first kappa shape index (κ1) is 22.1. The molecule has 1 atom stereocenters. The Hall–Kier alpha value is -3.14. The van der Waals surface area contributed by atoms with E-state index in [4.69, 9.17) is 4.74 Å². The van der Waals surface area contributed by atoms with E-state index in [1.54, 1.807) is 11.0 Å². The second-order valence-electron chi connectivity index (χ2n) is 7.88. The molecular formula is C22H22F3N3O4. The second-order valence-corrected chi connectivity index (χ2v) is 7.88. The predicted octanol–water partition coefficient (Wildman–Crippen LogP) is 4.43. The number of nitro benzene ring substituents is 1. The number of morpholine rings is 1. The van der Waals surface area contributed by atoms with Gasteiger partial charge in [-0.25, -0.2) is 0 Å². The lowest BCUT2D eigenvalue weighted by Gasteiger charge is -2.35. The van der Waals surface area contributed by atoms with E-state index in [1.807, 2.05) is 4.90 Å². The molecule has 0 spiro atoms. The number of benzene rings is 2. The molecular weight excluding hydrogens is 427 g/mol. The van der Waals surface area contributed by atoms with Crippen LogP contribution in [0.25, 0.3) is 0 Å². The Morgan fingerprint density at radius 1 is 1.06 bits per heavy atom. The van der Waals surface area contributed by atoms with Gasteiger partial charge >= 0.3 is 6.18 Å². The largest absolute Gasteiger partial charge is 0.416 e. The first-order chi connectivity index (χ1) is 15.2. The van der Waals surface area contributed by atoms with Crippen LogP contribution in [0.3, 0.4) is 0 Å². The molecule has 1 amide bonds. The summed E-state index contributed by atoms with van der Waals surface area (Å²) in [6.45, 7) is 2.33. The minimum Gasteiger partial charge on any atom is -0.370 e. The normalized spacial score (nSPS) is 19.3. The SMILES string of the molecule is O=C(c1cc(N2CCOC(c3ccc(C(F)(F)F)cc3)C2)ccc1[N+](=O)[O-])N1CCCC1. The minimum absolute atomic E-state index is 0.0481. The van der Waals surface area contributed by atoms with Crippen LogP contribution < -0.4 is 4.90 Å². The molecule has 0 bridgehead atoms. The number of carbonyl (C=O) groups excluding carboxylic acids is 1. The molecule has 2 heterocycles. The number of anilines is 1. The summed E-state index contributed by atoms with van der Waals surface area (Å²) >= 11 is 0. The highest BCUT2D eigenvalue weighted by atomic mass is 19.4. The standard InChI is InChI=1S/C22H22F3N3O4/c23-22(24,25)16-5-3-15(4-6-16)20-14-27(11-12-32-20)17-7-8-19(28(30)31)18(13-17)21(29)26-9-1-2-10-26/h3-8,13,20H,1-2,9-12,14H2. The number of likely N-dealkylation sites (tertiary alicyclic amines) is 1. The third-order valence-electron chi connectivity index (χ3n) is 5.84. The lowest BCUT2D eigenvalue weighted by Crippen LogP contribution is -2.38. The quantitative estimate of drug-likeness (QED) is 0.510. The van der Waals surface area contributed by atoms with E-state index in [9.17, 15) is 28.1 Å². The highest BCUT2D eigenvalue weighted by molar-refractivity contribution is 5.99. The van der Waals surface area contributed by atoms with Crippen LogP contribution in [0.5, 0.6) is 0 Å². The van der Waals surface area contributed by atoms with Gasteiger partial charge < -0.3 is 14.5 Å². The van der Waals surface area contributed by atoms with Crippen molar-refractivity contribution in [2.24, 2.45) is 0 Å². The van der Waals surface area contributed by atoms with Gasteiger partial charge in [0, 0.05) is 37.9 Å². The molecule has 4 rings (SSSR count). The van der Waals surface area contributed by atoms with Crippen LogP contribution in [0.4, 0.5) is 24.5 Å². The molecule has 0 N–H and O–H groups in total. The van der Waals surface area contributed by atoms with Gasteiger partial charge in [0.05, 0.1) is 17.1 Å². The van der Waals surface area contributed by atoms with Crippen LogP contribution in [-0.2, 0) is 10.9 Å². The van der Waals surface area contributed by atoms with E-state index in [0.717, 1.165) is 25.0 Å². The zero-order chi connectivity index (χ0) is 22.9. The molecule has 2 saturated heterocycles. The summed E-state index contributed by atoms with van der Waals surface area (Å²) in [5, 5.41) is 11.5. The average Bonchev–Trinajstić information content (AvgIpc) is 3.33. The van der Waals surface area contributed by atoms with Gasteiger partial charge in [-0.2, -0.15) is 13.2 Å². The first-order valence-electron chi connectivity index (χ1n) is 10.4. The first-order valence-corrected chi connectivity index (χ1v) is 10.4. The summed E-state index contributed by atoms with van der Waals surface area (Å²) in [7, 11) is 0. The van der Waals surface area contributed by atoms with Crippen LogP contribution in [0.2, 0.25) is 0 Å². The number of alkyl halides is 3. The second kappa shape index (κ2) is 8.78. The number of hydrogen-bond donors (Lipinski definition) is 0. The molecule has 0 aliphatic carbocycles. The topological polar surface area (TPSA) is 75.9 Å². The van der Waals surface area contributed by atoms with E-state index in [1.165, 1.54) is 24.3 Å². The van der Waals surface area contributed by atoms with Crippen LogP contribution >= 0.6 is 0 Å². The van der Waals surface area contributed by atoms with E-state index < -0.39 is 22.8 Å². The summed E-state index contributed by atoms with van der Waals surface area (Å²) in [6, 6.07) is 9.31. The van der Waals surface area contributed by atoms with Gasteiger partial charge in [-0.15, -0.1) is 0 Å². The maximum atomic E-state index is 12.9. The molecule has 7 nitrogen and oxygen atoms in total. The van der Waals surface area contributed by atoms with Crippen molar-refractivity contribution in [2.75, 3.05) is 37.7 Å². The fourth-order valence-electron chi connectivity index (χ4n) is 4.11. The zero-order valence-corrected chi connectivity index (χ0v) is 17.2. The Kier molecular flexibility index (Phi) is 6.05. The van der Waals surface area contributed by atoms with Crippen LogP contribution in [0.15, 0.2) is 42.5 Å². The molecule has 2 aliphatic heterocycles. The number of ether oxygens (including phenoxy) is 1. The third kappa shape index (κ3) is 4.55. The molecule has 0 saturated carbocycles. The van der Waals surface area contributed by atoms with E-state index in [0.29, 0.717) is 44.0 Å². The molecule has 170 valence electrons. The smallest absolute Gasteiger partial charge is 0.370 e. The zero-order valence-electron chi connectivity index (χ0n) is 17.2. The number of rotatable bonds is 4. The van der Waals surface area contributed by atoms with Crippen LogP contribution in [-0.4, -0.2) is 48.5 Å². The fraction of sp³-hybridized carbons (Fsp3) is 0.409. The molecule has 32 heavy (non-hydrogen) atoms. The maximum Gasteiger partial charge on any atom is 0.416 e. The molecule has 2 aliphatic rings. The number of halogens is 3. The summed E-state index contributed by atoms with van der Waals surface area (Å²) in [5.74, 6) is -0.358. The van der Waals surface area contributed by atoms with Gasteiger partial charge in [0.1, 0.15) is 11.7 Å². The average molecular weight is 449 g/mol. The van der Waals surface area contributed by atoms with Crippen molar-refractivity contribution in [3.8, 4) is 0 Å². The van der Waals surface area contributed by atoms with Gasteiger partial charge in [-0.05, 0) is 42.7 Å². The van der Waals surface area contributed by atoms with Crippen molar-refractivity contribution >= 4 is 17.3 Å². The monoisotopic (exact) mass is 449 g/mol. The van der Waals surface area contributed by atoms with Gasteiger partial charge in [0.25, 0.3) is 11.6 Å². The Balaban J connectivity index is 1.57. The van der Waals surface area contributed by atoms with Gasteiger partial charge in [0.15, 0.2) is 0 Å². The van der Waals surface area contributed by atoms with Gasteiger partial charge in [0.2, 0.25) is 0 Å². The van der Waals surface area contributed by atoms with Gasteiger partial charge in [-0.3, -0.25) is 14.9 Å². The minimum atomic E-state index is -4.41. The van der Waals surface area contributed by atoms with Crippen molar-refractivity contribution in [3.05, 3.63) is 69.3 Å². The Bertz CT molecular complexity index is 1000. The molecule has 10 heteroatoms. The Morgan fingerprint density at radius 3 is 2.38 bits per heavy atom. The highest BCUT2D eigenvalue weighted by Crippen LogP contribution is 2.33. The number of hydrogen-bond acceptors (Lipinski definition) is 5. The van der Waals surface area contributed by atoms with Crippen LogP contribution in [0.1, 0.15) is 40.4 Å². The van der Waals surface area contributed by atoms with Crippen molar-refractivity contribution in [2.45, 2.75) is 25.1 Å². The van der Waals surface area contributed by atoms with E-state index in [-0.39, 0.29) is 17.2 Å². The molecule has 2 aromatic carbocycles. The Morgan fingerprint density at radius 2 is 1.75 bits per heavy atom. The van der Waals surface area contributed by atoms with E-state index in [2.05, 4.69) is 0 Å². The third-order valence-corrected chi connectivity index (χ3v) is 5.84.